The molecule has 1 aromatic carbocycles. The van der Waals surface area contributed by atoms with Crippen LogP contribution in [0.1, 0.15) is 31.2 Å². The van der Waals surface area contributed by atoms with E-state index in [1.54, 1.807) is 18.2 Å². The standard InChI is InChI=1S/C20H18O3/c1-12-4-2-3-5-15(12)20-16-8-6-13(21)10-18(16)23-19-11-14(22)7-9-17(19)20/h2-3,6-12,15,21H,4-5H2,1H3. The number of fused-ring (bicyclic) bond motifs is 2. The Kier molecular flexibility index (Phi) is 3.22. The molecule has 0 bridgehead atoms. The van der Waals surface area contributed by atoms with Crippen molar-refractivity contribution in [1.82, 2.24) is 0 Å². The number of phenols is 1. The van der Waals surface area contributed by atoms with Gasteiger partial charge in [-0.2, -0.15) is 0 Å². The summed E-state index contributed by atoms with van der Waals surface area (Å²) in [7, 11) is 0. The maximum Gasteiger partial charge on any atom is 0.182 e. The molecule has 1 N–H and O–H groups in total. The lowest BCUT2D eigenvalue weighted by atomic mass is 9.76. The predicted octanol–water partition coefficient (Wildman–Crippen LogP) is 4.67. The first kappa shape index (κ1) is 14.1. The third-order valence-electron chi connectivity index (χ3n) is 4.84. The third-order valence-corrected chi connectivity index (χ3v) is 4.84. The molecule has 2 unspecified atom stereocenters. The average molecular weight is 306 g/mol. The van der Waals surface area contributed by atoms with Gasteiger partial charge >= 0.3 is 0 Å². The summed E-state index contributed by atoms with van der Waals surface area (Å²) in [6.45, 7) is 2.26. The van der Waals surface area contributed by atoms with E-state index < -0.39 is 0 Å². The minimum Gasteiger partial charge on any atom is -0.508 e. The van der Waals surface area contributed by atoms with Gasteiger partial charge < -0.3 is 9.52 Å². The number of phenolic OH excluding ortho intramolecular Hbond substituents is 1. The molecule has 1 heterocycles. The van der Waals surface area contributed by atoms with Crippen LogP contribution in [0.3, 0.4) is 0 Å². The monoisotopic (exact) mass is 306 g/mol. The van der Waals surface area contributed by atoms with Crippen LogP contribution < -0.4 is 5.43 Å². The fourth-order valence-electron chi connectivity index (χ4n) is 3.64. The zero-order valence-corrected chi connectivity index (χ0v) is 13.0. The van der Waals surface area contributed by atoms with E-state index in [9.17, 15) is 9.90 Å². The van der Waals surface area contributed by atoms with Crippen LogP contribution >= 0.6 is 0 Å². The summed E-state index contributed by atoms with van der Waals surface area (Å²) in [5.41, 5.74) is 2.77. The third kappa shape index (κ3) is 2.33. The van der Waals surface area contributed by atoms with E-state index in [4.69, 9.17) is 4.42 Å². The van der Waals surface area contributed by atoms with Crippen molar-refractivity contribution in [3.05, 3.63) is 64.3 Å². The summed E-state index contributed by atoms with van der Waals surface area (Å²) < 4.78 is 5.90. The first-order chi connectivity index (χ1) is 11.1. The van der Waals surface area contributed by atoms with Crippen LogP contribution in [0.5, 0.6) is 5.75 Å². The van der Waals surface area contributed by atoms with Crippen molar-refractivity contribution >= 4 is 11.0 Å². The Labute approximate surface area is 134 Å². The lowest BCUT2D eigenvalue weighted by molar-refractivity contribution is 0.449. The van der Waals surface area contributed by atoms with E-state index in [1.165, 1.54) is 11.6 Å². The largest absolute Gasteiger partial charge is 0.508 e. The number of hydrogen-bond donors (Lipinski definition) is 1. The Morgan fingerprint density at radius 3 is 2.74 bits per heavy atom. The van der Waals surface area contributed by atoms with Crippen molar-refractivity contribution in [3.63, 3.8) is 0 Å². The Morgan fingerprint density at radius 1 is 1.09 bits per heavy atom. The highest BCUT2D eigenvalue weighted by Gasteiger charge is 2.27. The Morgan fingerprint density at radius 2 is 1.91 bits per heavy atom. The second kappa shape index (κ2) is 5.27. The highest BCUT2D eigenvalue weighted by atomic mass is 16.3. The first-order valence-electron chi connectivity index (χ1n) is 7.98. The van der Waals surface area contributed by atoms with Gasteiger partial charge in [0.05, 0.1) is 0 Å². The van der Waals surface area contributed by atoms with Crippen LogP contribution in [0.2, 0.25) is 0 Å². The molecule has 0 aromatic heterocycles. The number of allylic oxidation sites excluding steroid dienone is 2. The number of aromatic hydroxyl groups is 1. The Bertz CT molecular complexity index is 935. The summed E-state index contributed by atoms with van der Waals surface area (Å²) in [5.74, 6) is 1.66. The van der Waals surface area contributed by atoms with Crippen molar-refractivity contribution in [3.8, 4) is 17.1 Å². The highest BCUT2D eigenvalue weighted by molar-refractivity contribution is 5.89. The molecule has 2 atom stereocenters. The zero-order valence-electron chi connectivity index (χ0n) is 13.0. The SMILES string of the molecule is CC1CC=CCC1c1c2ccc(=O)cc-2oc2cc(O)ccc12. The zero-order chi connectivity index (χ0) is 16.0. The summed E-state index contributed by atoms with van der Waals surface area (Å²) in [6, 6.07) is 10.2. The van der Waals surface area contributed by atoms with Crippen LogP contribution in [-0.2, 0) is 0 Å². The molecule has 0 fully saturated rings. The van der Waals surface area contributed by atoms with E-state index >= 15 is 0 Å². The molecule has 3 aliphatic rings. The molecule has 116 valence electrons. The molecule has 2 aliphatic carbocycles. The first-order valence-corrected chi connectivity index (χ1v) is 7.98. The molecular formula is C20H18O3. The Hall–Kier alpha value is -2.55. The lowest BCUT2D eigenvalue weighted by Gasteiger charge is -2.29. The summed E-state index contributed by atoms with van der Waals surface area (Å²) in [6.07, 6.45) is 6.50. The van der Waals surface area contributed by atoms with E-state index in [-0.39, 0.29) is 11.2 Å². The van der Waals surface area contributed by atoms with Gasteiger partial charge in [0.25, 0.3) is 0 Å². The van der Waals surface area contributed by atoms with Crippen molar-refractivity contribution < 1.29 is 9.52 Å². The molecule has 23 heavy (non-hydrogen) atoms. The molecule has 4 rings (SSSR count). The van der Waals surface area contributed by atoms with Gasteiger partial charge in [0.1, 0.15) is 17.1 Å². The molecule has 0 amide bonds. The molecule has 0 radical (unpaired) electrons. The van der Waals surface area contributed by atoms with Gasteiger partial charge in [-0.3, -0.25) is 4.79 Å². The molecule has 1 aliphatic heterocycles. The second-order valence-corrected chi connectivity index (χ2v) is 6.38. The topological polar surface area (TPSA) is 50.4 Å². The molecule has 0 saturated heterocycles. The summed E-state index contributed by atoms with van der Waals surface area (Å²) in [4.78, 5) is 11.7. The molecular weight excluding hydrogens is 288 g/mol. The van der Waals surface area contributed by atoms with Crippen LogP contribution in [-0.4, -0.2) is 5.11 Å². The van der Waals surface area contributed by atoms with Crippen molar-refractivity contribution in [2.24, 2.45) is 5.92 Å². The van der Waals surface area contributed by atoms with E-state index in [0.717, 1.165) is 23.8 Å². The average Bonchev–Trinajstić information content (AvgIpc) is 2.53. The minimum atomic E-state index is -0.0664. The minimum absolute atomic E-state index is 0.0664. The number of rotatable bonds is 1. The summed E-state index contributed by atoms with van der Waals surface area (Å²) >= 11 is 0. The van der Waals surface area contributed by atoms with Crippen LogP contribution in [0.4, 0.5) is 0 Å². The van der Waals surface area contributed by atoms with Gasteiger partial charge in [-0.05, 0) is 54.5 Å². The fourth-order valence-corrected chi connectivity index (χ4v) is 3.64. The quantitative estimate of drug-likeness (QED) is 0.525. The van der Waals surface area contributed by atoms with Gasteiger partial charge in [-0.15, -0.1) is 0 Å². The van der Waals surface area contributed by atoms with Gasteiger partial charge in [0, 0.05) is 23.1 Å². The van der Waals surface area contributed by atoms with E-state index in [2.05, 4.69) is 19.1 Å². The Balaban J connectivity index is 2.09. The smallest absolute Gasteiger partial charge is 0.182 e. The molecule has 0 saturated carbocycles. The van der Waals surface area contributed by atoms with Crippen LogP contribution in [0.15, 0.2) is 57.8 Å². The molecule has 3 nitrogen and oxygen atoms in total. The maximum atomic E-state index is 11.7. The van der Waals surface area contributed by atoms with Crippen molar-refractivity contribution in [2.75, 3.05) is 0 Å². The second-order valence-electron chi connectivity index (χ2n) is 6.38. The van der Waals surface area contributed by atoms with E-state index in [1.807, 2.05) is 12.1 Å². The molecule has 1 aromatic rings. The van der Waals surface area contributed by atoms with Crippen LogP contribution in [0, 0.1) is 5.92 Å². The predicted molar refractivity (Wildman–Crippen MR) is 91.0 cm³/mol. The number of benzene rings is 2. The van der Waals surface area contributed by atoms with Gasteiger partial charge in [-0.1, -0.05) is 19.1 Å². The summed E-state index contributed by atoms with van der Waals surface area (Å²) in [5, 5.41) is 10.8. The molecule has 3 heteroatoms. The van der Waals surface area contributed by atoms with Gasteiger partial charge in [-0.25, -0.2) is 0 Å². The number of hydrogen-bond acceptors (Lipinski definition) is 3. The van der Waals surface area contributed by atoms with Crippen LogP contribution in [0.25, 0.3) is 22.3 Å². The van der Waals surface area contributed by atoms with Crippen molar-refractivity contribution in [1.29, 1.82) is 0 Å². The van der Waals surface area contributed by atoms with Gasteiger partial charge in [0.15, 0.2) is 5.43 Å². The molecule has 0 spiro atoms. The van der Waals surface area contributed by atoms with Crippen molar-refractivity contribution in [2.45, 2.75) is 25.7 Å². The van der Waals surface area contributed by atoms with Gasteiger partial charge in [0.2, 0.25) is 0 Å². The lowest BCUT2D eigenvalue weighted by Crippen LogP contribution is -2.14. The fraction of sp³-hybridized carbons (Fsp3) is 0.250. The normalized spacial score (nSPS) is 21.1. The maximum absolute atomic E-state index is 11.7. The van der Waals surface area contributed by atoms with E-state index in [0.29, 0.717) is 23.2 Å². The highest BCUT2D eigenvalue weighted by Crippen LogP contribution is 2.44.